The van der Waals surface area contributed by atoms with Crippen molar-refractivity contribution in [1.29, 1.82) is 0 Å². The summed E-state index contributed by atoms with van der Waals surface area (Å²) in [6, 6.07) is 0. The van der Waals surface area contributed by atoms with E-state index in [0.29, 0.717) is 5.75 Å². The Morgan fingerprint density at radius 3 is 2.20 bits per heavy atom. The minimum atomic E-state index is -0.827. The normalized spacial score (nSPS) is 16.1. The van der Waals surface area contributed by atoms with Crippen LogP contribution in [0.2, 0.25) is 0 Å². The molecule has 0 aliphatic heterocycles. The van der Waals surface area contributed by atoms with Crippen LogP contribution in [-0.4, -0.2) is 36.2 Å². The van der Waals surface area contributed by atoms with E-state index in [9.17, 15) is 4.79 Å². The van der Waals surface area contributed by atoms with Crippen LogP contribution in [0.25, 0.3) is 0 Å². The van der Waals surface area contributed by atoms with E-state index in [0.717, 1.165) is 0 Å². The predicted octanol–water partition coefficient (Wildman–Crippen LogP) is -0.278. The maximum atomic E-state index is 11.1. The molecule has 0 unspecified atom stereocenters. The lowest BCUT2D eigenvalue weighted by atomic mass is 10.1. The summed E-state index contributed by atoms with van der Waals surface area (Å²) in [5, 5.41) is 0. The van der Waals surface area contributed by atoms with E-state index in [1.807, 2.05) is 0 Å². The molecule has 0 radical (unpaired) electrons. The SMILES string of the molecule is CN(C)C(=O)[C@@](C)(N)CS. The van der Waals surface area contributed by atoms with Gasteiger partial charge >= 0.3 is 0 Å². The van der Waals surface area contributed by atoms with E-state index in [1.54, 1.807) is 21.0 Å². The first kappa shape index (κ1) is 9.78. The molecule has 0 aliphatic rings. The van der Waals surface area contributed by atoms with E-state index in [-0.39, 0.29) is 5.91 Å². The quantitative estimate of drug-likeness (QED) is 0.549. The van der Waals surface area contributed by atoms with Gasteiger partial charge in [-0.15, -0.1) is 0 Å². The zero-order chi connectivity index (χ0) is 8.36. The predicted molar refractivity (Wildman–Crippen MR) is 45.1 cm³/mol. The molecule has 4 heteroatoms. The fraction of sp³-hybridized carbons (Fsp3) is 0.833. The summed E-state index contributed by atoms with van der Waals surface area (Å²) in [6.45, 7) is 1.67. The molecule has 0 saturated carbocycles. The van der Waals surface area contributed by atoms with Crippen LogP contribution in [-0.2, 0) is 4.79 Å². The maximum Gasteiger partial charge on any atom is 0.242 e. The highest BCUT2D eigenvalue weighted by molar-refractivity contribution is 7.80. The lowest BCUT2D eigenvalue weighted by Gasteiger charge is -2.24. The first-order valence-corrected chi connectivity index (χ1v) is 3.66. The van der Waals surface area contributed by atoms with Crippen molar-refractivity contribution in [2.75, 3.05) is 19.8 Å². The van der Waals surface area contributed by atoms with Gasteiger partial charge in [-0.05, 0) is 6.92 Å². The Labute approximate surface area is 67.0 Å². The lowest BCUT2D eigenvalue weighted by Crippen LogP contribution is -2.52. The number of rotatable bonds is 2. The number of hydrogen-bond acceptors (Lipinski definition) is 3. The standard InChI is InChI=1S/C6H14N2OS/c1-6(7,4-10)5(9)8(2)3/h10H,4,7H2,1-3H3/t6-/m0/s1. The smallest absolute Gasteiger partial charge is 0.242 e. The highest BCUT2D eigenvalue weighted by Gasteiger charge is 2.27. The van der Waals surface area contributed by atoms with Gasteiger partial charge in [0.05, 0.1) is 0 Å². The van der Waals surface area contributed by atoms with Crippen LogP contribution in [0.4, 0.5) is 0 Å². The largest absolute Gasteiger partial charge is 0.347 e. The number of thiol groups is 1. The molecule has 0 aromatic rings. The summed E-state index contributed by atoms with van der Waals surface area (Å²) in [7, 11) is 3.35. The fourth-order valence-corrected chi connectivity index (χ4v) is 0.714. The number of likely N-dealkylation sites (N-methyl/N-ethyl adjacent to an activating group) is 1. The first-order chi connectivity index (χ1) is 4.41. The number of carbonyl (C=O) groups excluding carboxylic acids is 1. The Balaban J connectivity index is 4.19. The topological polar surface area (TPSA) is 46.3 Å². The van der Waals surface area contributed by atoms with E-state index in [4.69, 9.17) is 5.73 Å². The van der Waals surface area contributed by atoms with Gasteiger partial charge < -0.3 is 10.6 Å². The summed E-state index contributed by atoms with van der Waals surface area (Å²) in [6.07, 6.45) is 0. The van der Waals surface area contributed by atoms with Crippen LogP contribution in [0, 0.1) is 0 Å². The number of carbonyl (C=O) groups is 1. The Morgan fingerprint density at radius 1 is 1.70 bits per heavy atom. The van der Waals surface area contributed by atoms with Crippen LogP contribution in [0.15, 0.2) is 0 Å². The summed E-state index contributed by atoms with van der Waals surface area (Å²) in [5.74, 6) is 0.270. The molecule has 3 nitrogen and oxygen atoms in total. The molecule has 60 valence electrons. The summed E-state index contributed by atoms with van der Waals surface area (Å²) in [5.41, 5.74) is 4.77. The zero-order valence-corrected chi connectivity index (χ0v) is 7.48. The number of nitrogens with zero attached hydrogens (tertiary/aromatic N) is 1. The minimum absolute atomic E-state index is 0.0949. The Kier molecular flexibility index (Phi) is 3.18. The number of amides is 1. The van der Waals surface area contributed by atoms with Gasteiger partial charge in [-0.2, -0.15) is 12.6 Å². The zero-order valence-electron chi connectivity index (χ0n) is 6.59. The van der Waals surface area contributed by atoms with Crippen molar-refractivity contribution in [3.05, 3.63) is 0 Å². The third kappa shape index (κ3) is 2.19. The van der Waals surface area contributed by atoms with Gasteiger partial charge in [0.2, 0.25) is 5.91 Å². The molecule has 0 heterocycles. The maximum absolute atomic E-state index is 11.1. The van der Waals surface area contributed by atoms with Gasteiger partial charge in [0.15, 0.2) is 0 Å². The molecule has 1 amide bonds. The van der Waals surface area contributed by atoms with Crippen LogP contribution < -0.4 is 5.73 Å². The molecule has 1 atom stereocenters. The van der Waals surface area contributed by atoms with Crippen molar-refractivity contribution < 1.29 is 4.79 Å². The molecular formula is C6H14N2OS. The lowest BCUT2D eigenvalue weighted by molar-refractivity contribution is -0.132. The number of nitrogens with two attached hydrogens (primary N) is 1. The monoisotopic (exact) mass is 162 g/mol. The Bertz CT molecular complexity index is 134. The van der Waals surface area contributed by atoms with Gasteiger partial charge in [0.25, 0.3) is 0 Å². The van der Waals surface area contributed by atoms with Crippen molar-refractivity contribution in [2.45, 2.75) is 12.5 Å². The fourth-order valence-electron chi connectivity index (χ4n) is 0.578. The van der Waals surface area contributed by atoms with Crippen LogP contribution in [0.1, 0.15) is 6.92 Å². The average molecular weight is 162 g/mol. The second kappa shape index (κ2) is 3.25. The second-order valence-corrected chi connectivity index (χ2v) is 3.09. The molecule has 0 saturated heterocycles. The van der Waals surface area contributed by atoms with Crippen LogP contribution in [0.3, 0.4) is 0 Å². The average Bonchev–Trinajstić information content (AvgIpc) is 1.86. The van der Waals surface area contributed by atoms with Crippen LogP contribution >= 0.6 is 12.6 Å². The second-order valence-electron chi connectivity index (χ2n) is 2.78. The van der Waals surface area contributed by atoms with Gasteiger partial charge in [-0.25, -0.2) is 0 Å². The molecule has 0 rings (SSSR count). The van der Waals surface area contributed by atoms with Gasteiger partial charge in [0, 0.05) is 19.8 Å². The van der Waals surface area contributed by atoms with Crippen molar-refractivity contribution in [3.8, 4) is 0 Å². The van der Waals surface area contributed by atoms with Gasteiger partial charge in [-0.3, -0.25) is 4.79 Å². The van der Waals surface area contributed by atoms with E-state index in [1.165, 1.54) is 4.90 Å². The summed E-state index contributed by atoms with van der Waals surface area (Å²) >= 11 is 3.96. The molecule has 10 heavy (non-hydrogen) atoms. The molecule has 0 bridgehead atoms. The van der Waals surface area contributed by atoms with Crippen LogP contribution in [0.5, 0.6) is 0 Å². The third-order valence-electron chi connectivity index (χ3n) is 1.22. The molecule has 2 N–H and O–H groups in total. The molecule has 0 spiro atoms. The summed E-state index contributed by atoms with van der Waals surface area (Å²) in [4.78, 5) is 12.6. The first-order valence-electron chi connectivity index (χ1n) is 3.03. The van der Waals surface area contributed by atoms with Gasteiger partial charge in [0.1, 0.15) is 5.54 Å². The molecular weight excluding hydrogens is 148 g/mol. The van der Waals surface area contributed by atoms with Crippen molar-refractivity contribution in [1.82, 2.24) is 4.90 Å². The summed E-state index contributed by atoms with van der Waals surface area (Å²) < 4.78 is 0. The van der Waals surface area contributed by atoms with E-state index >= 15 is 0 Å². The Hall–Kier alpha value is -0.220. The molecule has 0 aromatic heterocycles. The van der Waals surface area contributed by atoms with Crippen molar-refractivity contribution >= 4 is 18.5 Å². The molecule has 0 aromatic carbocycles. The highest BCUT2D eigenvalue weighted by Crippen LogP contribution is 2.04. The Morgan fingerprint density at radius 2 is 2.10 bits per heavy atom. The van der Waals surface area contributed by atoms with Gasteiger partial charge in [-0.1, -0.05) is 0 Å². The van der Waals surface area contributed by atoms with Crippen molar-refractivity contribution in [2.24, 2.45) is 5.73 Å². The van der Waals surface area contributed by atoms with E-state index in [2.05, 4.69) is 12.6 Å². The molecule has 0 fully saturated rings. The minimum Gasteiger partial charge on any atom is -0.347 e. The molecule has 0 aliphatic carbocycles. The number of hydrogen-bond donors (Lipinski definition) is 2. The van der Waals surface area contributed by atoms with E-state index < -0.39 is 5.54 Å². The van der Waals surface area contributed by atoms with Crippen molar-refractivity contribution in [3.63, 3.8) is 0 Å². The third-order valence-corrected chi connectivity index (χ3v) is 1.88. The highest BCUT2D eigenvalue weighted by atomic mass is 32.1.